The zero-order valence-electron chi connectivity index (χ0n) is 5.89. The number of ether oxygens (including phenoxy) is 1. The highest BCUT2D eigenvalue weighted by Crippen LogP contribution is 2.22. The number of rotatable bonds is 0. The fourth-order valence-electron chi connectivity index (χ4n) is 0.818. The van der Waals surface area contributed by atoms with Gasteiger partial charge in [0.2, 0.25) is 5.78 Å². The van der Waals surface area contributed by atoms with Gasteiger partial charge in [0.1, 0.15) is 0 Å². The zero-order chi connectivity index (χ0) is 7.07. The fourth-order valence-corrected chi connectivity index (χ4v) is 0.818. The van der Waals surface area contributed by atoms with Gasteiger partial charge in [0, 0.05) is 5.57 Å². The fraction of sp³-hybridized carbons (Fsp3) is 0.571. The van der Waals surface area contributed by atoms with Gasteiger partial charge in [-0.15, -0.1) is 0 Å². The highest BCUT2D eigenvalue weighted by molar-refractivity contribution is 6.02. The Labute approximate surface area is 54.5 Å². The number of carbonyl (C=O) groups excluding carboxylic acids is 1. The highest BCUT2D eigenvalue weighted by Gasteiger charge is 2.34. The van der Waals surface area contributed by atoms with Crippen LogP contribution < -0.4 is 0 Å². The third kappa shape index (κ3) is 0.846. The molecule has 1 aliphatic rings. The van der Waals surface area contributed by atoms with Crippen LogP contribution in [0.1, 0.15) is 20.8 Å². The van der Waals surface area contributed by atoms with Gasteiger partial charge < -0.3 is 4.74 Å². The molecule has 0 atom stereocenters. The van der Waals surface area contributed by atoms with E-state index in [1.165, 1.54) is 6.26 Å². The average Bonchev–Trinajstić information content (AvgIpc) is 1.97. The zero-order valence-corrected chi connectivity index (χ0v) is 5.89. The SMILES string of the molecule is CC1=COC(C)(C)C1=O. The molecule has 9 heavy (non-hydrogen) atoms. The number of hydrogen-bond acceptors (Lipinski definition) is 2. The predicted octanol–water partition coefficient (Wildman–Crippen LogP) is 1.27. The van der Waals surface area contributed by atoms with Crippen LogP contribution >= 0.6 is 0 Å². The summed E-state index contributed by atoms with van der Waals surface area (Å²) in [6, 6.07) is 0. The van der Waals surface area contributed by atoms with E-state index in [2.05, 4.69) is 0 Å². The molecule has 1 rings (SSSR count). The van der Waals surface area contributed by atoms with Crippen molar-refractivity contribution in [1.29, 1.82) is 0 Å². The molecule has 2 heteroatoms. The molecule has 0 unspecified atom stereocenters. The van der Waals surface area contributed by atoms with E-state index < -0.39 is 5.60 Å². The van der Waals surface area contributed by atoms with E-state index in [4.69, 9.17) is 4.74 Å². The molecule has 2 nitrogen and oxygen atoms in total. The van der Waals surface area contributed by atoms with Gasteiger partial charge in [-0.2, -0.15) is 0 Å². The van der Waals surface area contributed by atoms with Gasteiger partial charge in [0.15, 0.2) is 5.60 Å². The lowest BCUT2D eigenvalue weighted by molar-refractivity contribution is -0.126. The van der Waals surface area contributed by atoms with Gasteiger partial charge >= 0.3 is 0 Å². The first-order valence-corrected chi connectivity index (χ1v) is 2.93. The van der Waals surface area contributed by atoms with Crippen molar-refractivity contribution in [3.63, 3.8) is 0 Å². The minimum atomic E-state index is -0.607. The van der Waals surface area contributed by atoms with Gasteiger partial charge in [0.05, 0.1) is 6.26 Å². The molecule has 0 aromatic carbocycles. The molecular weight excluding hydrogens is 116 g/mol. The molecule has 0 fully saturated rings. The largest absolute Gasteiger partial charge is 0.487 e. The molecule has 0 N–H and O–H groups in total. The van der Waals surface area contributed by atoms with Gasteiger partial charge in [0.25, 0.3) is 0 Å². The first-order valence-electron chi connectivity index (χ1n) is 2.93. The molecule has 0 bridgehead atoms. The van der Waals surface area contributed by atoms with E-state index in [1.807, 2.05) is 0 Å². The summed E-state index contributed by atoms with van der Waals surface area (Å²) in [5.74, 6) is 0.0856. The second kappa shape index (κ2) is 1.59. The van der Waals surface area contributed by atoms with Crippen molar-refractivity contribution in [1.82, 2.24) is 0 Å². The first-order chi connectivity index (χ1) is 4.04. The van der Waals surface area contributed by atoms with Crippen LogP contribution in [0, 0.1) is 0 Å². The first kappa shape index (κ1) is 6.33. The number of carbonyl (C=O) groups is 1. The molecule has 0 saturated carbocycles. The Hall–Kier alpha value is -0.790. The summed E-state index contributed by atoms with van der Waals surface area (Å²) in [5.41, 5.74) is 0.101. The molecule has 0 aliphatic carbocycles. The molecule has 0 radical (unpaired) electrons. The van der Waals surface area contributed by atoms with Crippen LogP contribution in [0.15, 0.2) is 11.8 Å². The monoisotopic (exact) mass is 126 g/mol. The van der Waals surface area contributed by atoms with Crippen molar-refractivity contribution < 1.29 is 9.53 Å². The Morgan fingerprint density at radius 2 is 2.11 bits per heavy atom. The van der Waals surface area contributed by atoms with Crippen LogP contribution in [-0.4, -0.2) is 11.4 Å². The molecule has 50 valence electrons. The summed E-state index contributed by atoms with van der Waals surface area (Å²) >= 11 is 0. The Kier molecular flexibility index (Phi) is 1.12. The van der Waals surface area contributed by atoms with Crippen LogP contribution in [0.2, 0.25) is 0 Å². The van der Waals surface area contributed by atoms with Gasteiger partial charge in [-0.3, -0.25) is 4.79 Å². The molecule has 0 spiro atoms. The standard InChI is InChI=1S/C7H10O2/c1-5-4-9-7(2,3)6(5)8/h4H,1-3H3. The topological polar surface area (TPSA) is 26.3 Å². The lowest BCUT2D eigenvalue weighted by atomic mass is 10.0. The second-order valence-corrected chi connectivity index (χ2v) is 2.76. The molecule has 0 aromatic heterocycles. The van der Waals surface area contributed by atoms with E-state index in [1.54, 1.807) is 20.8 Å². The molecule has 0 aromatic rings. The van der Waals surface area contributed by atoms with Gasteiger partial charge in [-0.25, -0.2) is 0 Å². The smallest absolute Gasteiger partial charge is 0.204 e. The maximum Gasteiger partial charge on any atom is 0.204 e. The van der Waals surface area contributed by atoms with E-state index in [9.17, 15) is 4.79 Å². The van der Waals surface area contributed by atoms with Gasteiger partial charge in [-0.05, 0) is 20.8 Å². The van der Waals surface area contributed by atoms with Gasteiger partial charge in [-0.1, -0.05) is 0 Å². The summed E-state index contributed by atoms with van der Waals surface area (Å²) in [6.07, 6.45) is 1.52. The van der Waals surface area contributed by atoms with E-state index in [0.29, 0.717) is 5.57 Å². The number of Topliss-reactive ketones (excluding diaryl/α,β-unsaturated/α-hetero) is 1. The maximum atomic E-state index is 11.0. The van der Waals surface area contributed by atoms with Crippen LogP contribution in [0.3, 0.4) is 0 Å². The Morgan fingerprint density at radius 3 is 2.22 bits per heavy atom. The van der Waals surface area contributed by atoms with Crippen molar-refractivity contribution in [2.24, 2.45) is 0 Å². The van der Waals surface area contributed by atoms with Crippen molar-refractivity contribution >= 4 is 5.78 Å². The van der Waals surface area contributed by atoms with Crippen LogP contribution in [-0.2, 0) is 9.53 Å². The molecule has 0 amide bonds. The van der Waals surface area contributed by atoms with Crippen molar-refractivity contribution in [3.8, 4) is 0 Å². The third-order valence-corrected chi connectivity index (χ3v) is 1.44. The maximum absolute atomic E-state index is 11.0. The quantitative estimate of drug-likeness (QED) is 0.488. The molecular formula is C7H10O2. The minimum absolute atomic E-state index is 0.0856. The molecule has 0 saturated heterocycles. The Bertz CT molecular complexity index is 177. The number of hydrogen-bond donors (Lipinski definition) is 0. The summed E-state index contributed by atoms with van der Waals surface area (Å²) in [6.45, 7) is 5.29. The average molecular weight is 126 g/mol. The Morgan fingerprint density at radius 1 is 1.56 bits per heavy atom. The van der Waals surface area contributed by atoms with Crippen LogP contribution in [0.5, 0.6) is 0 Å². The van der Waals surface area contributed by atoms with Crippen molar-refractivity contribution in [2.75, 3.05) is 0 Å². The highest BCUT2D eigenvalue weighted by atomic mass is 16.5. The summed E-state index contributed by atoms with van der Waals surface area (Å²) in [7, 11) is 0. The van der Waals surface area contributed by atoms with E-state index in [-0.39, 0.29) is 5.78 Å². The number of ketones is 1. The van der Waals surface area contributed by atoms with Crippen molar-refractivity contribution in [3.05, 3.63) is 11.8 Å². The summed E-state index contributed by atoms with van der Waals surface area (Å²) in [4.78, 5) is 11.0. The van der Waals surface area contributed by atoms with Crippen LogP contribution in [0.4, 0.5) is 0 Å². The van der Waals surface area contributed by atoms with Crippen molar-refractivity contribution in [2.45, 2.75) is 26.4 Å². The third-order valence-electron chi connectivity index (χ3n) is 1.44. The van der Waals surface area contributed by atoms with E-state index >= 15 is 0 Å². The van der Waals surface area contributed by atoms with Crippen LogP contribution in [0.25, 0.3) is 0 Å². The summed E-state index contributed by atoms with van der Waals surface area (Å²) < 4.78 is 5.05. The Balaban J connectivity index is 2.86. The molecule has 1 aliphatic heterocycles. The minimum Gasteiger partial charge on any atom is -0.487 e. The lowest BCUT2D eigenvalue weighted by Crippen LogP contribution is -2.28. The normalized spacial score (nSPS) is 23.4. The predicted molar refractivity (Wildman–Crippen MR) is 33.9 cm³/mol. The summed E-state index contributed by atoms with van der Waals surface area (Å²) in [5, 5.41) is 0. The lowest BCUT2D eigenvalue weighted by Gasteiger charge is -2.14. The van der Waals surface area contributed by atoms with E-state index in [0.717, 1.165) is 0 Å². The molecule has 1 heterocycles. The second-order valence-electron chi connectivity index (χ2n) is 2.76.